The topological polar surface area (TPSA) is 87.2 Å². The molecule has 2 atom stereocenters. The molecule has 1 aromatic carbocycles. The average Bonchev–Trinajstić information content (AvgIpc) is 2.48. The molecule has 88 valence electrons. The molecule has 0 radical (unpaired) electrons. The van der Waals surface area contributed by atoms with Crippen molar-refractivity contribution in [3.63, 3.8) is 0 Å². The lowest BCUT2D eigenvalue weighted by Crippen LogP contribution is -2.03. The molecule has 1 aromatic rings. The molecule has 2 unspecified atom stereocenters. The van der Waals surface area contributed by atoms with Crippen LogP contribution in [0.2, 0.25) is 0 Å². The first-order valence-corrected chi connectivity index (χ1v) is 5.46. The lowest BCUT2D eigenvalue weighted by molar-refractivity contribution is -0.385. The minimum atomic E-state index is -0.781. The van der Waals surface area contributed by atoms with Crippen molar-refractivity contribution in [3.05, 3.63) is 39.4 Å². The number of hydrogen-bond donors (Lipinski definition) is 1. The van der Waals surface area contributed by atoms with Gasteiger partial charge in [0, 0.05) is 18.1 Å². The van der Waals surface area contributed by atoms with Gasteiger partial charge < -0.3 is 5.11 Å². The second kappa shape index (κ2) is 4.52. The largest absolute Gasteiger partial charge is 0.388 e. The van der Waals surface area contributed by atoms with Crippen molar-refractivity contribution in [2.75, 3.05) is 0 Å². The maximum atomic E-state index is 10.7. The number of fused-ring (bicyclic) bond motifs is 1. The highest BCUT2D eigenvalue weighted by molar-refractivity contribution is 5.41. The fourth-order valence-corrected chi connectivity index (χ4v) is 2.20. The van der Waals surface area contributed by atoms with Crippen molar-refractivity contribution in [3.8, 4) is 6.07 Å². The standard InChI is InChI=1S/C12H12N2O3/c13-7-8-1-2-9-3-4-10(14(16)17)6-11(9)12(15)5-8/h3-4,6,8,12,15H,1-2,5H2. The van der Waals surface area contributed by atoms with E-state index < -0.39 is 11.0 Å². The van der Waals surface area contributed by atoms with Gasteiger partial charge in [-0.3, -0.25) is 10.1 Å². The van der Waals surface area contributed by atoms with Crippen LogP contribution in [0, 0.1) is 27.4 Å². The third-order valence-corrected chi connectivity index (χ3v) is 3.15. The van der Waals surface area contributed by atoms with E-state index in [1.54, 1.807) is 6.07 Å². The lowest BCUT2D eigenvalue weighted by Gasteiger charge is -2.11. The van der Waals surface area contributed by atoms with Crippen molar-refractivity contribution >= 4 is 5.69 Å². The number of nitrogens with zero attached hydrogens (tertiary/aromatic N) is 2. The zero-order chi connectivity index (χ0) is 12.4. The summed E-state index contributed by atoms with van der Waals surface area (Å²) in [6.07, 6.45) is 0.947. The Morgan fingerprint density at radius 2 is 2.29 bits per heavy atom. The van der Waals surface area contributed by atoms with Crippen molar-refractivity contribution in [1.29, 1.82) is 5.26 Å². The number of benzene rings is 1. The van der Waals surface area contributed by atoms with Gasteiger partial charge in [-0.25, -0.2) is 0 Å². The van der Waals surface area contributed by atoms with Crippen molar-refractivity contribution < 1.29 is 10.0 Å². The lowest BCUT2D eigenvalue weighted by atomic mass is 9.99. The normalized spacial score (nSPS) is 23.3. The molecule has 17 heavy (non-hydrogen) atoms. The van der Waals surface area contributed by atoms with E-state index in [-0.39, 0.29) is 11.6 Å². The second-order valence-electron chi connectivity index (χ2n) is 4.26. The summed E-state index contributed by atoms with van der Waals surface area (Å²) >= 11 is 0. The maximum absolute atomic E-state index is 10.7. The molecule has 1 aliphatic carbocycles. The second-order valence-corrected chi connectivity index (χ2v) is 4.26. The summed E-state index contributed by atoms with van der Waals surface area (Å²) < 4.78 is 0. The van der Waals surface area contributed by atoms with E-state index in [1.807, 2.05) is 0 Å². The minimum absolute atomic E-state index is 0.0155. The van der Waals surface area contributed by atoms with Crippen molar-refractivity contribution in [2.45, 2.75) is 25.4 Å². The Balaban J connectivity index is 2.39. The van der Waals surface area contributed by atoms with E-state index in [0.29, 0.717) is 24.8 Å². The number of hydrogen-bond acceptors (Lipinski definition) is 4. The molecular weight excluding hydrogens is 220 g/mol. The molecule has 5 nitrogen and oxygen atoms in total. The first kappa shape index (κ1) is 11.6. The Morgan fingerprint density at radius 3 is 2.94 bits per heavy atom. The van der Waals surface area contributed by atoms with Gasteiger partial charge in [-0.1, -0.05) is 6.07 Å². The van der Waals surface area contributed by atoms with Gasteiger partial charge >= 0.3 is 0 Å². The van der Waals surface area contributed by atoms with E-state index in [4.69, 9.17) is 5.26 Å². The fourth-order valence-electron chi connectivity index (χ4n) is 2.20. The third-order valence-electron chi connectivity index (χ3n) is 3.15. The summed E-state index contributed by atoms with van der Waals surface area (Å²) in [5.41, 5.74) is 1.48. The molecule has 0 heterocycles. The zero-order valence-corrected chi connectivity index (χ0v) is 9.17. The molecule has 0 aromatic heterocycles. The van der Waals surface area contributed by atoms with Crippen LogP contribution in [0.15, 0.2) is 18.2 Å². The van der Waals surface area contributed by atoms with E-state index in [9.17, 15) is 15.2 Å². The van der Waals surface area contributed by atoms with Crippen LogP contribution in [0.3, 0.4) is 0 Å². The minimum Gasteiger partial charge on any atom is -0.388 e. The number of rotatable bonds is 1. The molecule has 0 amide bonds. The van der Waals surface area contributed by atoms with Gasteiger partial charge in [-0.2, -0.15) is 5.26 Å². The van der Waals surface area contributed by atoms with Crippen LogP contribution >= 0.6 is 0 Å². The van der Waals surface area contributed by atoms with Crippen molar-refractivity contribution in [1.82, 2.24) is 0 Å². The summed E-state index contributed by atoms with van der Waals surface area (Å²) in [6, 6.07) is 6.69. The highest BCUT2D eigenvalue weighted by Gasteiger charge is 2.24. The molecule has 0 saturated heterocycles. The van der Waals surface area contributed by atoms with Crippen LogP contribution in [-0.2, 0) is 6.42 Å². The third kappa shape index (κ3) is 2.27. The van der Waals surface area contributed by atoms with Gasteiger partial charge in [0.1, 0.15) is 0 Å². The average molecular weight is 232 g/mol. The van der Waals surface area contributed by atoms with Gasteiger partial charge in [0.15, 0.2) is 0 Å². The molecule has 0 spiro atoms. The van der Waals surface area contributed by atoms with Gasteiger partial charge in [0.25, 0.3) is 5.69 Å². The van der Waals surface area contributed by atoms with Gasteiger partial charge in [0.2, 0.25) is 0 Å². The van der Waals surface area contributed by atoms with Crippen LogP contribution in [0.5, 0.6) is 0 Å². The molecule has 5 heteroatoms. The molecule has 2 rings (SSSR count). The summed E-state index contributed by atoms with van der Waals surface area (Å²) in [6.45, 7) is 0. The molecule has 1 aliphatic rings. The van der Waals surface area contributed by atoms with E-state index >= 15 is 0 Å². The first-order valence-electron chi connectivity index (χ1n) is 5.46. The van der Waals surface area contributed by atoms with Crippen LogP contribution in [0.4, 0.5) is 5.69 Å². The van der Waals surface area contributed by atoms with Gasteiger partial charge in [-0.15, -0.1) is 0 Å². The molecular formula is C12H12N2O3. The Hall–Kier alpha value is -1.93. The Bertz CT molecular complexity index is 493. The van der Waals surface area contributed by atoms with E-state index in [1.165, 1.54) is 12.1 Å². The maximum Gasteiger partial charge on any atom is 0.269 e. The number of nitro groups is 1. The predicted octanol–water partition coefficient (Wildman–Crippen LogP) is 2.10. The Labute approximate surface area is 98.5 Å². The highest BCUT2D eigenvalue weighted by atomic mass is 16.6. The predicted molar refractivity (Wildman–Crippen MR) is 60.1 cm³/mol. The number of nitriles is 1. The first-order chi connectivity index (χ1) is 8.11. The monoisotopic (exact) mass is 232 g/mol. The van der Waals surface area contributed by atoms with Crippen molar-refractivity contribution in [2.24, 2.45) is 5.92 Å². The quantitative estimate of drug-likeness (QED) is 0.456. The summed E-state index contributed by atoms with van der Waals surface area (Å²) in [7, 11) is 0. The van der Waals surface area contributed by atoms with Crippen LogP contribution < -0.4 is 0 Å². The Kier molecular flexibility index (Phi) is 3.07. The summed E-state index contributed by atoms with van der Waals surface area (Å²) in [5, 5.41) is 29.5. The number of non-ortho nitro benzene ring substituents is 1. The van der Waals surface area contributed by atoms with E-state index in [2.05, 4.69) is 6.07 Å². The Morgan fingerprint density at radius 1 is 1.53 bits per heavy atom. The fraction of sp³-hybridized carbons (Fsp3) is 0.417. The van der Waals surface area contributed by atoms with Crippen LogP contribution in [0.25, 0.3) is 0 Å². The number of nitro benzene ring substituents is 1. The molecule has 0 bridgehead atoms. The zero-order valence-electron chi connectivity index (χ0n) is 9.17. The summed E-state index contributed by atoms with van der Waals surface area (Å²) in [4.78, 5) is 10.2. The van der Waals surface area contributed by atoms with Gasteiger partial charge in [0.05, 0.1) is 17.1 Å². The highest BCUT2D eigenvalue weighted by Crippen LogP contribution is 2.33. The summed E-state index contributed by atoms with van der Waals surface area (Å²) in [5.74, 6) is -0.184. The smallest absolute Gasteiger partial charge is 0.269 e. The SMILES string of the molecule is N#CC1CCc2ccc([N+](=O)[O-])cc2C(O)C1. The van der Waals surface area contributed by atoms with Crippen LogP contribution in [0.1, 0.15) is 30.1 Å². The molecule has 0 saturated carbocycles. The number of aryl methyl sites for hydroxylation is 1. The van der Waals surface area contributed by atoms with E-state index in [0.717, 1.165) is 5.56 Å². The molecule has 0 aliphatic heterocycles. The molecule has 1 N–H and O–H groups in total. The number of aliphatic hydroxyl groups is 1. The molecule has 0 fully saturated rings. The van der Waals surface area contributed by atoms with Gasteiger partial charge in [-0.05, 0) is 30.4 Å². The number of aliphatic hydroxyl groups excluding tert-OH is 1. The van der Waals surface area contributed by atoms with Crippen LogP contribution in [-0.4, -0.2) is 10.0 Å².